The Kier molecular flexibility index (Phi) is 5.99. The van der Waals surface area contributed by atoms with Crippen LogP contribution < -0.4 is 9.62 Å². The lowest BCUT2D eigenvalue weighted by molar-refractivity contribution is -0.137. The number of halogens is 6. The maximum atomic E-state index is 12.8. The molecule has 2 fully saturated rings. The van der Waals surface area contributed by atoms with Gasteiger partial charge >= 0.3 is 12.4 Å². The largest absolute Gasteiger partial charge is 0.416 e. The van der Waals surface area contributed by atoms with Gasteiger partial charge in [-0.25, -0.2) is 23.1 Å². The number of alkyl halides is 6. The highest BCUT2D eigenvalue weighted by Crippen LogP contribution is 2.50. The molecule has 1 saturated carbocycles. The molecule has 5 rings (SSSR count). The quantitative estimate of drug-likeness (QED) is 0.445. The van der Waals surface area contributed by atoms with Crippen molar-refractivity contribution >= 4 is 37.4 Å². The van der Waals surface area contributed by atoms with E-state index in [4.69, 9.17) is 0 Å². The van der Waals surface area contributed by atoms with Gasteiger partial charge in [0.05, 0.1) is 22.3 Å². The van der Waals surface area contributed by atoms with Crippen molar-refractivity contribution in [1.29, 1.82) is 0 Å². The van der Waals surface area contributed by atoms with Gasteiger partial charge in [0, 0.05) is 24.0 Å². The summed E-state index contributed by atoms with van der Waals surface area (Å²) in [6, 6.07) is 4.46. The Morgan fingerprint density at radius 1 is 1.08 bits per heavy atom. The molecule has 1 aliphatic heterocycles. The first kappa shape index (κ1) is 25.2. The SMILES string of the molecule is O=S(=O)(NC1CC2(CCN(c3ncnc4sc(CC(F)(F)F)cc34)C2)C1)c1ccc(C(F)(F)F)cc1. The first-order chi connectivity index (χ1) is 16.7. The Labute approximate surface area is 206 Å². The molecule has 1 saturated heterocycles. The second-order valence-corrected chi connectivity index (χ2v) is 12.2. The molecule has 194 valence electrons. The first-order valence-corrected chi connectivity index (χ1v) is 13.3. The Morgan fingerprint density at radius 3 is 2.42 bits per heavy atom. The van der Waals surface area contributed by atoms with Crippen LogP contribution in [0.25, 0.3) is 10.2 Å². The van der Waals surface area contributed by atoms with E-state index < -0.39 is 34.4 Å². The van der Waals surface area contributed by atoms with E-state index in [0.717, 1.165) is 42.0 Å². The fourth-order valence-electron chi connectivity index (χ4n) is 5.06. The van der Waals surface area contributed by atoms with Gasteiger partial charge in [0.15, 0.2) is 0 Å². The highest BCUT2D eigenvalue weighted by Gasteiger charge is 2.50. The maximum Gasteiger partial charge on any atom is 0.416 e. The molecule has 0 atom stereocenters. The maximum absolute atomic E-state index is 12.8. The molecule has 36 heavy (non-hydrogen) atoms. The van der Waals surface area contributed by atoms with Crippen molar-refractivity contribution in [3.8, 4) is 0 Å². The number of hydrogen-bond acceptors (Lipinski definition) is 6. The average molecular weight is 551 g/mol. The van der Waals surface area contributed by atoms with Crippen LogP contribution in [0.2, 0.25) is 0 Å². The molecule has 14 heteroatoms. The molecular weight excluding hydrogens is 530 g/mol. The zero-order valence-corrected chi connectivity index (χ0v) is 20.2. The Morgan fingerprint density at radius 2 is 1.78 bits per heavy atom. The third kappa shape index (κ3) is 5.02. The van der Waals surface area contributed by atoms with Crippen molar-refractivity contribution in [2.24, 2.45) is 5.41 Å². The number of benzene rings is 1. The molecule has 1 spiro atoms. The third-order valence-electron chi connectivity index (χ3n) is 6.64. The van der Waals surface area contributed by atoms with Crippen molar-refractivity contribution in [1.82, 2.24) is 14.7 Å². The van der Waals surface area contributed by atoms with Gasteiger partial charge in [0.1, 0.15) is 17.0 Å². The predicted octanol–water partition coefficient (Wildman–Crippen LogP) is 5.15. The predicted molar refractivity (Wildman–Crippen MR) is 121 cm³/mol. The number of sulfonamides is 1. The highest BCUT2D eigenvalue weighted by molar-refractivity contribution is 7.89. The lowest BCUT2D eigenvalue weighted by Gasteiger charge is -2.45. The molecular formula is C22H20F6N4O2S2. The normalized spacial score (nSPS) is 22.9. The first-order valence-electron chi connectivity index (χ1n) is 11.0. The summed E-state index contributed by atoms with van der Waals surface area (Å²) in [5.74, 6) is 0.565. The number of hydrogen-bond donors (Lipinski definition) is 1. The van der Waals surface area contributed by atoms with E-state index in [0.29, 0.717) is 42.0 Å². The minimum Gasteiger partial charge on any atom is -0.355 e. The average Bonchev–Trinajstić information content (AvgIpc) is 3.35. The van der Waals surface area contributed by atoms with Crippen molar-refractivity contribution in [3.63, 3.8) is 0 Å². The van der Waals surface area contributed by atoms with Crippen LogP contribution in [-0.2, 0) is 22.6 Å². The van der Waals surface area contributed by atoms with Crippen molar-refractivity contribution in [3.05, 3.63) is 47.1 Å². The molecule has 6 nitrogen and oxygen atoms in total. The second kappa shape index (κ2) is 8.55. The molecule has 0 bridgehead atoms. The summed E-state index contributed by atoms with van der Waals surface area (Å²) in [5.41, 5.74) is -1.10. The van der Waals surface area contributed by atoms with Gasteiger partial charge in [-0.15, -0.1) is 11.3 Å². The van der Waals surface area contributed by atoms with Gasteiger partial charge < -0.3 is 4.90 Å². The molecule has 1 aromatic carbocycles. The zero-order chi connectivity index (χ0) is 25.9. The van der Waals surface area contributed by atoms with E-state index in [1.807, 2.05) is 4.90 Å². The standard InChI is InChI=1S/C22H20F6N4O2S2/c23-21(24,25)10-15-7-17-18(29-12-30-19(17)35-15)32-6-5-20(11-32)8-14(9-20)31-36(33,34)16-3-1-13(2-4-16)22(26,27)28/h1-4,7,12,14,31H,5-6,8-11H2. The summed E-state index contributed by atoms with van der Waals surface area (Å²) in [6.07, 6.45) is -6.72. The molecule has 1 N–H and O–H groups in total. The van der Waals surface area contributed by atoms with Crippen LogP contribution in [0.4, 0.5) is 32.2 Å². The lowest BCUT2D eigenvalue weighted by Crippen LogP contribution is -2.51. The number of anilines is 1. The van der Waals surface area contributed by atoms with Crippen LogP contribution in [-0.4, -0.2) is 43.7 Å². The number of aromatic nitrogens is 2. The number of thiophene rings is 1. The van der Waals surface area contributed by atoms with Gasteiger partial charge in [-0.2, -0.15) is 26.3 Å². The van der Waals surface area contributed by atoms with E-state index in [2.05, 4.69) is 14.7 Å². The van der Waals surface area contributed by atoms with Gasteiger partial charge in [-0.3, -0.25) is 0 Å². The van der Waals surface area contributed by atoms with E-state index in [1.54, 1.807) is 0 Å². The molecule has 3 aromatic rings. The minimum atomic E-state index is -4.55. The summed E-state index contributed by atoms with van der Waals surface area (Å²) in [7, 11) is -3.98. The highest BCUT2D eigenvalue weighted by atomic mass is 32.2. The van der Waals surface area contributed by atoms with Crippen LogP contribution >= 0.6 is 11.3 Å². The molecule has 0 radical (unpaired) electrons. The van der Waals surface area contributed by atoms with E-state index in [1.165, 1.54) is 12.4 Å². The Balaban J connectivity index is 1.24. The summed E-state index contributed by atoms with van der Waals surface area (Å²) < 4.78 is 105. The monoisotopic (exact) mass is 550 g/mol. The third-order valence-corrected chi connectivity index (χ3v) is 9.22. The van der Waals surface area contributed by atoms with E-state index in [-0.39, 0.29) is 21.2 Å². The second-order valence-electron chi connectivity index (χ2n) is 9.34. The topological polar surface area (TPSA) is 75.2 Å². The number of rotatable bonds is 5. The molecule has 2 aliphatic rings. The summed E-state index contributed by atoms with van der Waals surface area (Å²) in [4.78, 5) is 10.8. The molecule has 2 aromatic heterocycles. The minimum absolute atomic E-state index is 0.162. The van der Waals surface area contributed by atoms with Crippen LogP contribution in [0.3, 0.4) is 0 Å². The Hall–Kier alpha value is -2.45. The van der Waals surface area contributed by atoms with Crippen molar-refractivity contribution in [2.75, 3.05) is 18.0 Å². The van der Waals surface area contributed by atoms with Crippen LogP contribution in [0, 0.1) is 5.41 Å². The molecule has 1 aliphatic carbocycles. The smallest absolute Gasteiger partial charge is 0.355 e. The van der Waals surface area contributed by atoms with Crippen LogP contribution in [0.1, 0.15) is 29.7 Å². The van der Waals surface area contributed by atoms with Gasteiger partial charge in [0.2, 0.25) is 10.0 Å². The van der Waals surface area contributed by atoms with E-state index in [9.17, 15) is 34.8 Å². The molecule has 0 amide bonds. The van der Waals surface area contributed by atoms with Crippen LogP contribution in [0.5, 0.6) is 0 Å². The van der Waals surface area contributed by atoms with E-state index >= 15 is 0 Å². The summed E-state index contributed by atoms with van der Waals surface area (Å²) in [5, 5.41) is 0.567. The number of nitrogens with zero attached hydrogens (tertiary/aromatic N) is 3. The van der Waals surface area contributed by atoms with Crippen LogP contribution in [0.15, 0.2) is 41.6 Å². The fraction of sp³-hybridized carbons (Fsp3) is 0.455. The Bertz CT molecular complexity index is 1380. The molecule has 0 unspecified atom stereocenters. The summed E-state index contributed by atoms with van der Waals surface area (Å²) in [6.45, 7) is 1.19. The lowest BCUT2D eigenvalue weighted by atomic mass is 9.65. The summed E-state index contributed by atoms with van der Waals surface area (Å²) >= 11 is 0.987. The molecule has 3 heterocycles. The van der Waals surface area contributed by atoms with Gasteiger partial charge in [-0.1, -0.05) is 0 Å². The van der Waals surface area contributed by atoms with Crippen molar-refractivity contribution in [2.45, 2.75) is 49.0 Å². The van der Waals surface area contributed by atoms with Crippen molar-refractivity contribution < 1.29 is 34.8 Å². The number of nitrogens with one attached hydrogen (secondary N) is 1. The van der Waals surface area contributed by atoms with Gasteiger partial charge in [-0.05, 0) is 55.0 Å². The number of fused-ring (bicyclic) bond motifs is 1. The fourth-order valence-corrected chi connectivity index (χ4v) is 7.32. The zero-order valence-electron chi connectivity index (χ0n) is 18.5. The van der Waals surface area contributed by atoms with Gasteiger partial charge in [0.25, 0.3) is 0 Å².